The van der Waals surface area contributed by atoms with Crippen LogP contribution in [-0.4, -0.2) is 53.1 Å². The van der Waals surface area contributed by atoms with Gasteiger partial charge in [0.05, 0.1) is 13.2 Å². The van der Waals surface area contributed by atoms with Crippen molar-refractivity contribution < 1.29 is 24.8 Å². The third-order valence-electron chi connectivity index (χ3n) is 1.86. The minimum Gasteiger partial charge on any atom is -0.388 e. The maximum Gasteiger partial charge on any atom is 0.183 e. The van der Waals surface area contributed by atoms with E-state index >= 15 is 0 Å². The summed E-state index contributed by atoms with van der Waals surface area (Å²) in [5, 5.41) is 27.8. The zero-order valence-electron chi connectivity index (χ0n) is 7.17. The fourth-order valence-corrected chi connectivity index (χ4v) is 1.14. The number of aliphatic hydroxyl groups is 3. The van der Waals surface area contributed by atoms with Gasteiger partial charge in [-0.15, -0.1) is 6.58 Å². The van der Waals surface area contributed by atoms with Crippen LogP contribution in [0.2, 0.25) is 0 Å². The van der Waals surface area contributed by atoms with E-state index in [9.17, 15) is 15.3 Å². The van der Waals surface area contributed by atoms with Gasteiger partial charge in [0.2, 0.25) is 0 Å². The van der Waals surface area contributed by atoms with Gasteiger partial charge in [-0.3, -0.25) is 0 Å². The molecule has 76 valence electrons. The van der Waals surface area contributed by atoms with Gasteiger partial charge in [0.25, 0.3) is 0 Å². The van der Waals surface area contributed by atoms with Crippen LogP contribution in [0.15, 0.2) is 12.7 Å². The fraction of sp³-hybridized carbons (Fsp3) is 0.750. The first kappa shape index (κ1) is 10.6. The molecule has 0 aliphatic carbocycles. The highest BCUT2D eigenvalue weighted by Crippen LogP contribution is 2.16. The fourth-order valence-electron chi connectivity index (χ4n) is 1.14. The molecular formula is C8H14O5. The molecule has 1 aliphatic heterocycles. The topological polar surface area (TPSA) is 79.2 Å². The summed E-state index contributed by atoms with van der Waals surface area (Å²) in [6, 6.07) is 0. The van der Waals surface area contributed by atoms with Crippen molar-refractivity contribution in [2.45, 2.75) is 24.6 Å². The summed E-state index contributed by atoms with van der Waals surface area (Å²) >= 11 is 0. The Hall–Kier alpha value is -0.460. The van der Waals surface area contributed by atoms with Crippen molar-refractivity contribution in [1.82, 2.24) is 0 Å². The van der Waals surface area contributed by atoms with Crippen LogP contribution in [0.25, 0.3) is 0 Å². The van der Waals surface area contributed by atoms with Crippen molar-refractivity contribution in [3.8, 4) is 0 Å². The summed E-state index contributed by atoms with van der Waals surface area (Å²) in [4.78, 5) is 0. The molecule has 1 fully saturated rings. The molecule has 0 radical (unpaired) electrons. The van der Waals surface area contributed by atoms with E-state index in [1.807, 2.05) is 0 Å². The average Bonchev–Trinajstić information content (AvgIpc) is 2.12. The lowest BCUT2D eigenvalue weighted by Gasteiger charge is -2.34. The summed E-state index contributed by atoms with van der Waals surface area (Å²) in [5.41, 5.74) is 0. The van der Waals surface area contributed by atoms with Crippen molar-refractivity contribution in [2.24, 2.45) is 0 Å². The van der Waals surface area contributed by atoms with Crippen molar-refractivity contribution in [1.29, 1.82) is 0 Å². The highest BCUT2D eigenvalue weighted by Gasteiger charge is 2.38. The Labute approximate surface area is 76.2 Å². The number of rotatable bonds is 3. The van der Waals surface area contributed by atoms with Gasteiger partial charge in [0.15, 0.2) is 6.29 Å². The van der Waals surface area contributed by atoms with Crippen molar-refractivity contribution in [2.75, 3.05) is 13.2 Å². The monoisotopic (exact) mass is 190 g/mol. The number of ether oxygens (including phenoxy) is 2. The average molecular weight is 190 g/mol. The minimum atomic E-state index is -1.20. The first-order valence-electron chi connectivity index (χ1n) is 4.05. The third-order valence-corrected chi connectivity index (χ3v) is 1.86. The SMILES string of the molecule is C=CCO[C@@H]1[C@@H](O)[C@H](O)CO[C@H]1O. The van der Waals surface area contributed by atoms with Gasteiger partial charge in [-0.25, -0.2) is 0 Å². The molecule has 0 amide bonds. The summed E-state index contributed by atoms with van der Waals surface area (Å²) < 4.78 is 9.78. The van der Waals surface area contributed by atoms with E-state index < -0.39 is 24.6 Å². The molecule has 1 rings (SSSR count). The van der Waals surface area contributed by atoms with Crippen molar-refractivity contribution in [3.05, 3.63) is 12.7 Å². The molecule has 0 spiro atoms. The smallest absolute Gasteiger partial charge is 0.183 e. The van der Waals surface area contributed by atoms with Crippen LogP contribution in [-0.2, 0) is 9.47 Å². The molecule has 0 saturated carbocycles. The van der Waals surface area contributed by atoms with Crippen LogP contribution in [0.1, 0.15) is 0 Å². The maximum absolute atomic E-state index is 9.39. The number of hydrogen-bond donors (Lipinski definition) is 3. The lowest BCUT2D eigenvalue weighted by molar-refractivity contribution is -0.262. The Morgan fingerprint density at radius 1 is 1.46 bits per heavy atom. The van der Waals surface area contributed by atoms with E-state index in [2.05, 4.69) is 6.58 Å². The van der Waals surface area contributed by atoms with E-state index in [1.165, 1.54) is 6.08 Å². The Morgan fingerprint density at radius 2 is 2.15 bits per heavy atom. The first-order chi connectivity index (χ1) is 6.16. The predicted octanol–water partition coefficient (Wildman–Crippen LogP) is -1.37. The lowest BCUT2D eigenvalue weighted by Crippen LogP contribution is -2.54. The normalized spacial score (nSPS) is 40.2. The Morgan fingerprint density at radius 3 is 2.77 bits per heavy atom. The van der Waals surface area contributed by atoms with E-state index in [0.29, 0.717) is 0 Å². The molecule has 0 unspecified atom stereocenters. The minimum absolute atomic E-state index is 0.0870. The van der Waals surface area contributed by atoms with Crippen molar-refractivity contribution >= 4 is 0 Å². The number of aliphatic hydroxyl groups excluding tert-OH is 3. The van der Waals surface area contributed by atoms with Crippen molar-refractivity contribution in [3.63, 3.8) is 0 Å². The van der Waals surface area contributed by atoms with Crippen LogP contribution in [0.5, 0.6) is 0 Å². The third kappa shape index (κ3) is 2.49. The molecule has 0 aromatic rings. The van der Waals surface area contributed by atoms with Gasteiger partial charge < -0.3 is 24.8 Å². The van der Waals surface area contributed by atoms with Gasteiger partial charge in [-0.1, -0.05) is 6.08 Å². The second-order valence-electron chi connectivity index (χ2n) is 2.87. The molecule has 5 heteroatoms. The molecule has 1 aliphatic rings. The summed E-state index contributed by atoms with van der Waals surface area (Å²) in [6.07, 6.45) is -2.76. The zero-order valence-corrected chi connectivity index (χ0v) is 7.17. The van der Waals surface area contributed by atoms with Crippen LogP contribution in [0.4, 0.5) is 0 Å². The molecule has 5 nitrogen and oxygen atoms in total. The van der Waals surface area contributed by atoms with Crippen LogP contribution < -0.4 is 0 Å². The van der Waals surface area contributed by atoms with Gasteiger partial charge in [-0.05, 0) is 0 Å². The van der Waals surface area contributed by atoms with E-state index in [-0.39, 0.29) is 13.2 Å². The Balaban J connectivity index is 2.50. The van der Waals surface area contributed by atoms with Gasteiger partial charge in [0, 0.05) is 0 Å². The molecule has 1 saturated heterocycles. The van der Waals surface area contributed by atoms with Gasteiger partial charge in [0.1, 0.15) is 18.3 Å². The molecule has 0 aromatic heterocycles. The van der Waals surface area contributed by atoms with Gasteiger partial charge >= 0.3 is 0 Å². The number of hydrogen-bond acceptors (Lipinski definition) is 5. The first-order valence-corrected chi connectivity index (χ1v) is 4.05. The summed E-state index contributed by atoms with van der Waals surface area (Å²) in [7, 11) is 0. The molecule has 1 heterocycles. The second kappa shape index (κ2) is 4.69. The van der Waals surface area contributed by atoms with Crippen LogP contribution >= 0.6 is 0 Å². The standard InChI is InChI=1S/C8H14O5/c1-2-3-12-7-6(10)5(9)4-13-8(7)11/h2,5-11H,1,3-4H2/t5-,6+,7-,8-/m1/s1. The largest absolute Gasteiger partial charge is 0.388 e. The Bertz CT molecular complexity index is 172. The Kier molecular flexibility index (Phi) is 3.83. The molecule has 13 heavy (non-hydrogen) atoms. The summed E-state index contributed by atoms with van der Waals surface area (Å²) in [5.74, 6) is 0. The predicted molar refractivity (Wildman–Crippen MR) is 43.9 cm³/mol. The second-order valence-corrected chi connectivity index (χ2v) is 2.87. The van der Waals surface area contributed by atoms with E-state index in [4.69, 9.17) is 9.47 Å². The molecular weight excluding hydrogens is 176 g/mol. The summed E-state index contributed by atoms with van der Waals surface area (Å²) in [6.45, 7) is 3.52. The van der Waals surface area contributed by atoms with Crippen LogP contribution in [0, 0.1) is 0 Å². The molecule has 3 N–H and O–H groups in total. The van der Waals surface area contributed by atoms with E-state index in [1.54, 1.807) is 0 Å². The maximum atomic E-state index is 9.39. The molecule has 4 atom stereocenters. The van der Waals surface area contributed by atoms with Crippen LogP contribution in [0.3, 0.4) is 0 Å². The highest BCUT2D eigenvalue weighted by molar-refractivity contribution is 4.84. The molecule has 0 bridgehead atoms. The van der Waals surface area contributed by atoms with E-state index in [0.717, 1.165) is 0 Å². The highest BCUT2D eigenvalue weighted by atomic mass is 16.6. The zero-order chi connectivity index (χ0) is 9.84. The van der Waals surface area contributed by atoms with Gasteiger partial charge in [-0.2, -0.15) is 0 Å². The lowest BCUT2D eigenvalue weighted by atomic mass is 10.1. The quantitative estimate of drug-likeness (QED) is 0.478. The molecule has 0 aromatic carbocycles.